The van der Waals surface area contributed by atoms with Crippen molar-refractivity contribution >= 4 is 64.4 Å². The van der Waals surface area contributed by atoms with E-state index in [9.17, 15) is 28.8 Å². The van der Waals surface area contributed by atoms with Crippen molar-refractivity contribution in [1.29, 1.82) is 0 Å². The number of carbonyl (C=O) groups excluding carboxylic acids is 6. The van der Waals surface area contributed by atoms with E-state index in [0.29, 0.717) is 91.3 Å². The highest BCUT2D eigenvalue weighted by atomic mass is 16.5. The van der Waals surface area contributed by atoms with Crippen LogP contribution in [0.3, 0.4) is 0 Å². The summed E-state index contributed by atoms with van der Waals surface area (Å²) in [6.45, 7) is 7.60. The second-order valence-electron chi connectivity index (χ2n) is 18.4. The minimum Gasteiger partial charge on any atom is -0.493 e. The van der Waals surface area contributed by atoms with Crippen LogP contribution < -0.4 is 41.8 Å². The van der Waals surface area contributed by atoms with Gasteiger partial charge in [0.15, 0.2) is 11.5 Å². The summed E-state index contributed by atoms with van der Waals surface area (Å²) in [5, 5.41) is 14.0. The maximum absolute atomic E-state index is 13.7. The van der Waals surface area contributed by atoms with Crippen LogP contribution in [0.5, 0.6) is 11.5 Å². The number of aromatic nitrogens is 1. The Hall–Kier alpha value is -7.87. The number of anilines is 3. The molecule has 4 aromatic carbocycles. The predicted octanol–water partition coefficient (Wildman–Crippen LogP) is 6.00. The van der Waals surface area contributed by atoms with E-state index >= 15 is 0 Å². The first-order chi connectivity index (χ1) is 35.7. The number of carbonyl (C=O) groups is 6. The Morgan fingerprint density at radius 2 is 1.41 bits per heavy atom. The lowest BCUT2D eigenvalue weighted by Gasteiger charge is -2.34. The fourth-order valence-electron chi connectivity index (χ4n) is 8.48. The van der Waals surface area contributed by atoms with E-state index in [0.717, 1.165) is 16.7 Å². The van der Waals surface area contributed by atoms with Crippen LogP contribution in [0, 0.1) is 5.92 Å². The van der Waals surface area contributed by atoms with E-state index in [2.05, 4.69) is 37.6 Å². The summed E-state index contributed by atoms with van der Waals surface area (Å²) in [5.41, 5.74) is 12.3. The quantitative estimate of drug-likeness (QED) is 0.0392. The summed E-state index contributed by atoms with van der Waals surface area (Å²) in [6.07, 6.45) is 4.77. The maximum Gasteiger partial charge on any atom is 0.272 e. The second-order valence-corrected chi connectivity index (χ2v) is 18.4. The number of rotatable bonds is 24. The Bertz CT molecular complexity index is 2830. The molecule has 0 spiro atoms. The molecule has 1 aromatic heterocycles. The van der Waals surface area contributed by atoms with E-state index in [1.807, 2.05) is 53.6 Å². The van der Waals surface area contributed by atoms with Crippen molar-refractivity contribution in [2.75, 3.05) is 62.6 Å². The fourth-order valence-corrected chi connectivity index (χ4v) is 8.48. The molecule has 7 N–H and O–H groups in total. The molecule has 0 saturated heterocycles. The van der Waals surface area contributed by atoms with Gasteiger partial charge in [-0.05, 0) is 84.3 Å². The first-order valence-electron chi connectivity index (χ1n) is 24.7. The number of aryl methyl sites for hydroxylation is 1. The molecule has 3 atom stereocenters. The number of hydrogen-bond donors (Lipinski definition) is 6. The zero-order chi connectivity index (χ0) is 52.7. The number of hydrogen-bond acceptors (Lipinski definition) is 12. The van der Waals surface area contributed by atoms with Gasteiger partial charge in [-0.2, -0.15) is 0 Å². The molecule has 390 valence electrons. The molecule has 5 aromatic rings. The molecule has 0 fully saturated rings. The average Bonchev–Trinajstić information content (AvgIpc) is 3.71. The van der Waals surface area contributed by atoms with Gasteiger partial charge in [0, 0.05) is 62.8 Å². The van der Waals surface area contributed by atoms with Gasteiger partial charge in [0.05, 0.1) is 63.1 Å². The second kappa shape index (κ2) is 25.7. The van der Waals surface area contributed by atoms with Crippen molar-refractivity contribution < 1.29 is 47.7 Å². The zero-order valence-electron chi connectivity index (χ0n) is 42.4. The van der Waals surface area contributed by atoms with Crippen molar-refractivity contribution in [2.24, 2.45) is 23.7 Å². The molecule has 0 radical (unpaired) electrons. The number of nitrogens with one attached hydrogen (secondary N) is 5. The molecule has 7 rings (SSSR count). The summed E-state index contributed by atoms with van der Waals surface area (Å²) < 4.78 is 23.9. The molecule has 0 bridgehead atoms. The first-order valence-corrected chi connectivity index (χ1v) is 24.7. The minimum atomic E-state index is -0.892. The Morgan fingerprint density at radius 1 is 0.730 bits per heavy atom. The van der Waals surface area contributed by atoms with E-state index in [1.165, 1.54) is 12.7 Å². The largest absolute Gasteiger partial charge is 0.493 e. The number of nitrogens with two attached hydrogens (primary N) is 1. The molecule has 1 unspecified atom stereocenters. The van der Waals surface area contributed by atoms with Crippen LogP contribution in [-0.4, -0.2) is 116 Å². The minimum absolute atomic E-state index is 0.0656. The van der Waals surface area contributed by atoms with Gasteiger partial charge in [0.1, 0.15) is 17.8 Å². The summed E-state index contributed by atoms with van der Waals surface area (Å²) in [5.74, 6) is -1.42. The molecular weight excluding hydrogens is 947 g/mol. The van der Waals surface area contributed by atoms with Crippen molar-refractivity contribution in [3.63, 3.8) is 0 Å². The third kappa shape index (κ3) is 14.2. The van der Waals surface area contributed by atoms with Crippen LogP contribution in [0.4, 0.5) is 22.7 Å². The van der Waals surface area contributed by atoms with E-state index < -0.39 is 23.9 Å². The van der Waals surface area contributed by atoms with Crippen LogP contribution in [0.25, 0.3) is 11.1 Å². The van der Waals surface area contributed by atoms with Crippen LogP contribution in [0.1, 0.15) is 72.0 Å². The lowest BCUT2D eigenvalue weighted by Crippen LogP contribution is -2.53. The molecule has 74 heavy (non-hydrogen) atoms. The SMILES string of the molecule is COc1cc2c(cc1OCCCC(=O)Nc1cc(C(=O)Nc3ccc(-c4ccc(NC(=O)[C@H](C)NC(=O)[C@@H](NC(=O)CCOCCOCCN)C(C)C)cc4)cc3)n(C)c1)N=CC1Cc3ccccc3CN1C2=O. The molecule has 19 nitrogen and oxygen atoms in total. The highest BCUT2D eigenvalue weighted by molar-refractivity contribution is 6.05. The number of fused-ring (bicyclic) bond motifs is 3. The molecule has 0 aliphatic carbocycles. The Balaban J connectivity index is 0.832. The van der Waals surface area contributed by atoms with Gasteiger partial charge >= 0.3 is 0 Å². The Kier molecular flexibility index (Phi) is 18.7. The lowest BCUT2D eigenvalue weighted by molar-refractivity contribution is -0.132. The van der Waals surface area contributed by atoms with Gasteiger partial charge in [0.2, 0.25) is 23.6 Å². The summed E-state index contributed by atoms with van der Waals surface area (Å²) in [6, 6.07) is 25.6. The standard InChI is InChI=1S/C55H65N9O10/c1-34(2)51(62-50(66)20-23-72-25-26-73-24-21-56)54(69)58-35(3)52(67)60-40-16-12-36(13-17-40)37-14-18-41(19-15-37)61-53(68)46-28-42(33-63(46)4)59-49(65)11-8-22-74-48-30-45-44(29-47(48)71-5)55(70)64-32-39-10-7-6-9-38(39)27-43(64)31-57-45/h6-7,9-10,12-19,28-31,33-35,43,51H,8,11,20-27,32,56H2,1-5H3,(H,58,69)(H,59,65)(H,60,67)(H,61,68)(H,62,66)/t35-,43?,51-/m0/s1. The van der Waals surface area contributed by atoms with E-state index in [-0.39, 0.29) is 61.6 Å². The van der Waals surface area contributed by atoms with Crippen molar-refractivity contribution in [3.05, 3.63) is 120 Å². The highest BCUT2D eigenvalue weighted by Gasteiger charge is 2.33. The van der Waals surface area contributed by atoms with Crippen LogP contribution in [0.15, 0.2) is 102 Å². The van der Waals surface area contributed by atoms with Gasteiger partial charge in [-0.15, -0.1) is 0 Å². The van der Waals surface area contributed by atoms with Crippen LogP contribution in [0.2, 0.25) is 0 Å². The summed E-state index contributed by atoms with van der Waals surface area (Å²) >= 11 is 0. The van der Waals surface area contributed by atoms with Crippen molar-refractivity contribution in [2.45, 2.75) is 71.1 Å². The molecular formula is C55H65N9O10. The van der Waals surface area contributed by atoms with Crippen molar-refractivity contribution in [1.82, 2.24) is 20.1 Å². The van der Waals surface area contributed by atoms with E-state index in [1.54, 1.807) is 81.0 Å². The van der Waals surface area contributed by atoms with Gasteiger partial charge in [-0.25, -0.2) is 0 Å². The highest BCUT2D eigenvalue weighted by Crippen LogP contribution is 2.38. The third-order valence-electron chi connectivity index (χ3n) is 12.5. The van der Waals surface area contributed by atoms with Gasteiger partial charge in [0.25, 0.3) is 11.8 Å². The maximum atomic E-state index is 13.7. The molecule has 0 saturated carbocycles. The van der Waals surface area contributed by atoms with Gasteiger partial charge < -0.3 is 60.7 Å². The smallest absolute Gasteiger partial charge is 0.272 e. The van der Waals surface area contributed by atoms with Gasteiger partial charge in [-0.3, -0.25) is 33.8 Å². The number of aliphatic imine (C=N–C) groups is 1. The number of benzene rings is 4. The molecule has 19 heteroatoms. The van der Waals surface area contributed by atoms with Gasteiger partial charge in [-0.1, -0.05) is 62.4 Å². The van der Waals surface area contributed by atoms with Crippen LogP contribution in [-0.2, 0) is 48.7 Å². The van der Waals surface area contributed by atoms with Crippen LogP contribution >= 0.6 is 0 Å². The lowest BCUT2D eigenvalue weighted by atomic mass is 9.94. The first kappa shape index (κ1) is 53.9. The Morgan fingerprint density at radius 3 is 2.08 bits per heavy atom. The Labute approximate surface area is 430 Å². The summed E-state index contributed by atoms with van der Waals surface area (Å²) in [4.78, 5) is 85.3. The van der Waals surface area contributed by atoms with E-state index in [4.69, 9.17) is 24.7 Å². The molecule has 3 heterocycles. The molecule has 2 aliphatic heterocycles. The fraction of sp³-hybridized carbons (Fsp3) is 0.364. The monoisotopic (exact) mass is 1010 g/mol. The predicted molar refractivity (Wildman–Crippen MR) is 282 cm³/mol. The number of ether oxygens (including phenoxy) is 4. The van der Waals surface area contributed by atoms with Crippen molar-refractivity contribution in [3.8, 4) is 22.6 Å². The third-order valence-corrected chi connectivity index (χ3v) is 12.5. The number of methoxy groups -OCH3 is 1. The normalized spacial score (nSPS) is 14.4. The average molecular weight is 1010 g/mol. The molecule has 6 amide bonds. The summed E-state index contributed by atoms with van der Waals surface area (Å²) in [7, 11) is 3.23. The topological polar surface area (TPSA) is 246 Å². The molecule has 2 aliphatic rings. The number of amides is 6. The zero-order valence-corrected chi connectivity index (χ0v) is 42.4. The number of nitrogens with zero attached hydrogens (tertiary/aromatic N) is 3.